The molecule has 182 valence electrons. The summed E-state index contributed by atoms with van der Waals surface area (Å²) in [5, 5.41) is 19.1. The average Bonchev–Trinajstić information content (AvgIpc) is 3.55. The van der Waals surface area contributed by atoms with Crippen molar-refractivity contribution in [1.82, 2.24) is 35.5 Å². The lowest BCUT2D eigenvalue weighted by Crippen LogP contribution is -2.52. The van der Waals surface area contributed by atoms with Gasteiger partial charge < -0.3 is 16.0 Å². The Balaban J connectivity index is 1.17. The second-order valence-electron chi connectivity index (χ2n) is 9.34. The number of rotatable bonds is 7. The van der Waals surface area contributed by atoms with Gasteiger partial charge in [-0.2, -0.15) is 15.4 Å². The number of anilines is 2. The minimum atomic E-state index is 0.425. The second kappa shape index (κ2) is 9.79. The monoisotopic (exact) mass is 479 g/mol. The van der Waals surface area contributed by atoms with Crippen LogP contribution in [0.15, 0.2) is 73.1 Å². The number of hydrogen-bond donors (Lipinski definition) is 3. The Morgan fingerprint density at radius 2 is 1.86 bits per heavy atom. The molecule has 0 saturated carbocycles. The molecule has 0 spiro atoms. The molecule has 4 heterocycles. The zero-order valence-electron chi connectivity index (χ0n) is 20.0. The molecule has 36 heavy (non-hydrogen) atoms. The zero-order chi connectivity index (χ0) is 24.3. The smallest absolute Gasteiger partial charge is 0.203 e. The van der Waals surface area contributed by atoms with E-state index in [0.717, 1.165) is 42.7 Å². The number of benzene rings is 2. The number of pyridine rings is 1. The van der Waals surface area contributed by atoms with E-state index in [0.29, 0.717) is 30.5 Å². The summed E-state index contributed by atoms with van der Waals surface area (Å²) in [6.45, 7) is 3.69. The van der Waals surface area contributed by atoms with Crippen LogP contribution in [0.4, 0.5) is 11.5 Å². The van der Waals surface area contributed by atoms with Gasteiger partial charge in [-0.15, -0.1) is 5.10 Å². The number of hydrogen-bond acceptors (Lipinski definition) is 7. The highest BCUT2D eigenvalue weighted by Crippen LogP contribution is 2.23. The van der Waals surface area contributed by atoms with Gasteiger partial charge in [-0.05, 0) is 46.9 Å². The molecule has 3 aromatic heterocycles. The number of aromatic nitrogens is 6. The Labute approximate surface area is 209 Å². The van der Waals surface area contributed by atoms with E-state index in [4.69, 9.17) is 5.73 Å². The Bertz CT molecular complexity index is 1460. The average molecular weight is 480 g/mol. The lowest BCUT2D eigenvalue weighted by Gasteiger charge is -2.38. The number of piperazine rings is 1. The maximum atomic E-state index is 5.95. The van der Waals surface area contributed by atoms with Gasteiger partial charge in [0.1, 0.15) is 11.3 Å². The zero-order valence-corrected chi connectivity index (χ0v) is 20.0. The number of nitrogens with zero attached hydrogens (tertiary/aromatic N) is 6. The molecule has 1 fully saturated rings. The summed E-state index contributed by atoms with van der Waals surface area (Å²) in [6, 6.07) is 21.9. The van der Waals surface area contributed by atoms with Crippen LogP contribution in [-0.2, 0) is 19.4 Å². The highest BCUT2D eigenvalue weighted by molar-refractivity contribution is 5.76. The molecule has 9 heteroatoms. The van der Waals surface area contributed by atoms with Crippen molar-refractivity contribution >= 4 is 22.7 Å². The fourth-order valence-corrected chi connectivity index (χ4v) is 5.05. The molecule has 6 rings (SSSR count). The van der Waals surface area contributed by atoms with Crippen LogP contribution >= 0.6 is 0 Å². The Hall–Kier alpha value is -4.24. The molecule has 1 atom stereocenters. The number of nitrogen functional groups attached to an aromatic ring is 1. The highest BCUT2D eigenvalue weighted by Gasteiger charge is 2.23. The van der Waals surface area contributed by atoms with E-state index in [1.807, 2.05) is 16.9 Å². The number of H-pyrrole nitrogens is 1. The summed E-state index contributed by atoms with van der Waals surface area (Å²) < 4.78 is 1.98. The molecule has 4 N–H and O–H groups in total. The van der Waals surface area contributed by atoms with Gasteiger partial charge in [0, 0.05) is 44.0 Å². The molecule has 0 bridgehead atoms. The van der Waals surface area contributed by atoms with Crippen LogP contribution in [0.2, 0.25) is 0 Å². The first-order valence-electron chi connectivity index (χ1n) is 12.3. The van der Waals surface area contributed by atoms with E-state index in [2.05, 4.69) is 96.5 Å². The van der Waals surface area contributed by atoms with E-state index in [1.165, 1.54) is 16.8 Å². The van der Waals surface area contributed by atoms with Crippen molar-refractivity contribution in [2.24, 2.45) is 0 Å². The highest BCUT2D eigenvalue weighted by atomic mass is 15.3. The molecule has 1 saturated heterocycles. The standard InChI is InChI=1S/C27H29N9/c28-25-14-22(26-27(31-25)33-34-32-26)11-21-15-30-35(18-21)17-20-7-4-8-23(13-20)36-10-9-29-16-24(36)12-19-5-2-1-3-6-19/h1-8,13-15,18,24,29H,9-12,16-17H2,(H3,28,31,32,33,34). The van der Waals surface area contributed by atoms with Crippen LogP contribution in [0, 0.1) is 0 Å². The predicted octanol–water partition coefficient (Wildman–Crippen LogP) is 2.79. The number of aromatic amines is 1. The molecule has 2 aromatic carbocycles. The van der Waals surface area contributed by atoms with Gasteiger partial charge in [-0.25, -0.2) is 4.98 Å². The minimum Gasteiger partial charge on any atom is -0.384 e. The first kappa shape index (κ1) is 22.2. The third-order valence-electron chi connectivity index (χ3n) is 6.72. The maximum Gasteiger partial charge on any atom is 0.203 e. The van der Waals surface area contributed by atoms with Crippen LogP contribution in [0.3, 0.4) is 0 Å². The van der Waals surface area contributed by atoms with Crippen LogP contribution in [0.25, 0.3) is 11.2 Å². The van der Waals surface area contributed by atoms with Gasteiger partial charge in [-0.3, -0.25) is 4.68 Å². The molecular weight excluding hydrogens is 450 g/mol. The summed E-state index contributed by atoms with van der Waals surface area (Å²) in [5.41, 5.74) is 13.2. The van der Waals surface area contributed by atoms with E-state index < -0.39 is 0 Å². The van der Waals surface area contributed by atoms with Crippen molar-refractivity contribution < 1.29 is 0 Å². The first-order chi connectivity index (χ1) is 17.7. The number of nitrogens with one attached hydrogen (secondary N) is 2. The summed E-state index contributed by atoms with van der Waals surface area (Å²) in [4.78, 5) is 6.76. The Kier molecular flexibility index (Phi) is 6.05. The second-order valence-corrected chi connectivity index (χ2v) is 9.34. The van der Waals surface area contributed by atoms with Gasteiger partial charge in [0.15, 0.2) is 0 Å². The van der Waals surface area contributed by atoms with Gasteiger partial charge in [-0.1, -0.05) is 42.5 Å². The van der Waals surface area contributed by atoms with Crippen LogP contribution in [0.5, 0.6) is 0 Å². The van der Waals surface area contributed by atoms with Crippen LogP contribution in [-0.4, -0.2) is 55.9 Å². The third kappa shape index (κ3) is 4.78. The molecular formula is C27H29N9. The fraction of sp³-hybridized carbons (Fsp3) is 0.259. The van der Waals surface area contributed by atoms with Crippen molar-refractivity contribution in [3.05, 3.63) is 95.3 Å². The normalized spacial score (nSPS) is 16.0. The van der Waals surface area contributed by atoms with E-state index in [9.17, 15) is 0 Å². The van der Waals surface area contributed by atoms with E-state index in [-0.39, 0.29) is 0 Å². The van der Waals surface area contributed by atoms with Gasteiger partial charge in [0.2, 0.25) is 5.65 Å². The molecule has 9 nitrogen and oxygen atoms in total. The van der Waals surface area contributed by atoms with Crippen molar-refractivity contribution in [1.29, 1.82) is 0 Å². The summed E-state index contributed by atoms with van der Waals surface area (Å²) >= 11 is 0. The maximum absolute atomic E-state index is 5.95. The molecule has 5 aromatic rings. The van der Waals surface area contributed by atoms with Crippen molar-refractivity contribution in [3.8, 4) is 0 Å². The lowest BCUT2D eigenvalue weighted by molar-refractivity contribution is 0.473. The topological polar surface area (TPSA) is 114 Å². The lowest BCUT2D eigenvalue weighted by atomic mass is 10.0. The van der Waals surface area contributed by atoms with Crippen molar-refractivity contribution in [3.63, 3.8) is 0 Å². The Morgan fingerprint density at radius 3 is 2.78 bits per heavy atom. The largest absolute Gasteiger partial charge is 0.384 e. The van der Waals surface area contributed by atoms with Gasteiger partial charge in [0.05, 0.1) is 12.7 Å². The first-order valence-corrected chi connectivity index (χ1v) is 12.3. The van der Waals surface area contributed by atoms with Crippen LogP contribution < -0.4 is 16.0 Å². The number of nitrogens with two attached hydrogens (primary N) is 1. The van der Waals surface area contributed by atoms with Gasteiger partial charge in [0.25, 0.3) is 0 Å². The van der Waals surface area contributed by atoms with E-state index >= 15 is 0 Å². The number of fused-ring (bicyclic) bond motifs is 1. The summed E-state index contributed by atoms with van der Waals surface area (Å²) in [7, 11) is 0. The molecule has 0 aliphatic carbocycles. The third-order valence-corrected chi connectivity index (χ3v) is 6.72. The molecule has 1 aliphatic heterocycles. The summed E-state index contributed by atoms with van der Waals surface area (Å²) in [5.74, 6) is 0.439. The van der Waals surface area contributed by atoms with Crippen molar-refractivity contribution in [2.75, 3.05) is 30.3 Å². The molecule has 0 amide bonds. The predicted molar refractivity (Wildman–Crippen MR) is 141 cm³/mol. The molecule has 0 radical (unpaired) electrons. The van der Waals surface area contributed by atoms with E-state index in [1.54, 1.807) is 0 Å². The summed E-state index contributed by atoms with van der Waals surface area (Å²) in [6.07, 6.45) is 5.67. The quantitative estimate of drug-likeness (QED) is 0.329. The minimum absolute atomic E-state index is 0.425. The molecule has 1 aliphatic rings. The molecule has 1 unspecified atom stereocenters. The van der Waals surface area contributed by atoms with Gasteiger partial charge >= 0.3 is 0 Å². The fourth-order valence-electron chi connectivity index (χ4n) is 5.05. The SMILES string of the molecule is Nc1cc(Cc2cnn(Cc3cccc(N4CCNCC4Cc4ccccc4)c3)c2)c2n[nH]nc2n1. The van der Waals surface area contributed by atoms with Crippen LogP contribution in [0.1, 0.15) is 22.3 Å². The van der Waals surface area contributed by atoms with Crippen molar-refractivity contribution in [2.45, 2.75) is 25.4 Å². The Morgan fingerprint density at radius 1 is 0.972 bits per heavy atom.